The summed E-state index contributed by atoms with van der Waals surface area (Å²) in [7, 11) is 0. The summed E-state index contributed by atoms with van der Waals surface area (Å²) in [5.41, 5.74) is 0. The Labute approximate surface area is 184 Å². The predicted octanol–water partition coefficient (Wildman–Crippen LogP) is 4.91. The van der Waals surface area contributed by atoms with E-state index in [1.807, 2.05) is 0 Å². The molecular formula is C25H48O5. The fourth-order valence-corrected chi connectivity index (χ4v) is 3.98. The highest BCUT2D eigenvalue weighted by atomic mass is 16.6. The Morgan fingerprint density at radius 3 is 1.90 bits per heavy atom. The second kappa shape index (κ2) is 19.2. The molecule has 5 heteroatoms. The molecule has 1 fully saturated rings. The Hall–Kier alpha value is -0.460. The molecule has 5 nitrogen and oxygen atoms in total. The van der Waals surface area contributed by atoms with Crippen LogP contribution < -0.4 is 0 Å². The third-order valence-corrected chi connectivity index (χ3v) is 5.96. The number of allylic oxidation sites excluding steroid dienone is 2. The highest BCUT2D eigenvalue weighted by Crippen LogP contribution is 2.19. The molecule has 178 valence electrons. The van der Waals surface area contributed by atoms with E-state index in [1.165, 1.54) is 83.5 Å². The third kappa shape index (κ3) is 13.1. The molecule has 0 aromatic carbocycles. The minimum Gasteiger partial charge on any atom is -0.394 e. The zero-order chi connectivity index (χ0) is 21.9. The Morgan fingerprint density at radius 1 is 0.800 bits per heavy atom. The van der Waals surface area contributed by atoms with Crippen LogP contribution in [0, 0.1) is 0 Å². The van der Waals surface area contributed by atoms with E-state index in [0.717, 1.165) is 12.8 Å². The van der Waals surface area contributed by atoms with E-state index in [2.05, 4.69) is 19.1 Å². The second-order valence-corrected chi connectivity index (χ2v) is 8.74. The molecule has 0 spiro atoms. The van der Waals surface area contributed by atoms with Crippen molar-refractivity contribution in [2.24, 2.45) is 0 Å². The van der Waals surface area contributed by atoms with Gasteiger partial charge in [0.05, 0.1) is 13.2 Å². The lowest BCUT2D eigenvalue weighted by atomic mass is 10.0. The number of ether oxygens (including phenoxy) is 2. The first-order valence-electron chi connectivity index (χ1n) is 12.6. The summed E-state index contributed by atoms with van der Waals surface area (Å²) < 4.78 is 10.9. The maximum absolute atomic E-state index is 10.1. The number of aliphatic hydroxyl groups is 3. The van der Waals surface area contributed by atoms with Crippen molar-refractivity contribution in [3.05, 3.63) is 12.2 Å². The van der Waals surface area contributed by atoms with Crippen LogP contribution in [-0.4, -0.2) is 59.6 Å². The van der Waals surface area contributed by atoms with Gasteiger partial charge in [-0.05, 0) is 25.7 Å². The van der Waals surface area contributed by atoms with Gasteiger partial charge in [0.25, 0.3) is 0 Å². The summed E-state index contributed by atoms with van der Waals surface area (Å²) >= 11 is 0. The van der Waals surface area contributed by atoms with Gasteiger partial charge < -0.3 is 24.8 Å². The highest BCUT2D eigenvalue weighted by molar-refractivity contribution is 4.87. The van der Waals surface area contributed by atoms with Gasteiger partial charge in [-0.2, -0.15) is 0 Å². The van der Waals surface area contributed by atoms with Crippen LogP contribution in [-0.2, 0) is 9.47 Å². The van der Waals surface area contributed by atoms with Crippen LogP contribution in [0.15, 0.2) is 12.2 Å². The maximum Gasteiger partial charge on any atom is 0.114 e. The molecule has 0 aliphatic carbocycles. The van der Waals surface area contributed by atoms with Crippen LogP contribution in [0.1, 0.15) is 103 Å². The molecule has 0 saturated carbocycles. The summed E-state index contributed by atoms with van der Waals surface area (Å²) in [5.74, 6) is 0. The maximum atomic E-state index is 10.1. The van der Waals surface area contributed by atoms with Gasteiger partial charge in [-0.15, -0.1) is 0 Å². The summed E-state index contributed by atoms with van der Waals surface area (Å²) in [5, 5.41) is 29.1. The Kier molecular flexibility index (Phi) is 17.7. The number of hydrogen-bond acceptors (Lipinski definition) is 5. The van der Waals surface area contributed by atoms with Crippen LogP contribution in [0.4, 0.5) is 0 Å². The summed E-state index contributed by atoms with van der Waals surface area (Å²) in [6, 6.07) is 0. The minimum atomic E-state index is -0.971. The molecule has 1 aliphatic rings. The van der Waals surface area contributed by atoms with Gasteiger partial charge in [-0.25, -0.2) is 0 Å². The molecule has 0 amide bonds. The fourth-order valence-electron chi connectivity index (χ4n) is 3.98. The minimum absolute atomic E-state index is 0.101. The van der Waals surface area contributed by atoms with Crippen molar-refractivity contribution >= 4 is 0 Å². The van der Waals surface area contributed by atoms with Gasteiger partial charge in [0.15, 0.2) is 0 Å². The van der Waals surface area contributed by atoms with E-state index in [1.54, 1.807) is 0 Å². The van der Waals surface area contributed by atoms with Crippen molar-refractivity contribution in [2.45, 2.75) is 128 Å². The molecule has 1 heterocycles. The van der Waals surface area contributed by atoms with E-state index in [-0.39, 0.29) is 13.2 Å². The Balaban J connectivity index is 1.82. The molecule has 1 saturated heterocycles. The average Bonchev–Trinajstić information content (AvgIpc) is 2.75. The quantitative estimate of drug-likeness (QED) is 0.201. The first-order chi connectivity index (χ1) is 14.7. The number of hydrogen-bond donors (Lipinski definition) is 3. The van der Waals surface area contributed by atoms with Crippen molar-refractivity contribution in [3.8, 4) is 0 Å². The van der Waals surface area contributed by atoms with Crippen molar-refractivity contribution in [1.29, 1.82) is 0 Å². The topological polar surface area (TPSA) is 79.2 Å². The van der Waals surface area contributed by atoms with Crippen molar-refractivity contribution in [2.75, 3.05) is 19.8 Å². The van der Waals surface area contributed by atoms with Crippen molar-refractivity contribution < 1.29 is 24.8 Å². The van der Waals surface area contributed by atoms with Gasteiger partial charge in [-0.3, -0.25) is 0 Å². The first-order valence-corrected chi connectivity index (χ1v) is 12.6. The van der Waals surface area contributed by atoms with E-state index in [4.69, 9.17) is 14.6 Å². The second-order valence-electron chi connectivity index (χ2n) is 8.74. The number of unbranched alkanes of at least 4 members (excludes halogenated alkanes) is 13. The molecule has 0 unspecified atom stereocenters. The molecule has 4 atom stereocenters. The molecule has 0 aromatic heterocycles. The van der Waals surface area contributed by atoms with Gasteiger partial charge in [0.2, 0.25) is 0 Å². The van der Waals surface area contributed by atoms with Crippen LogP contribution in [0.2, 0.25) is 0 Å². The summed E-state index contributed by atoms with van der Waals surface area (Å²) in [4.78, 5) is 0. The zero-order valence-electron chi connectivity index (χ0n) is 19.4. The zero-order valence-corrected chi connectivity index (χ0v) is 19.4. The number of aliphatic hydroxyl groups excluding tert-OH is 3. The molecular weight excluding hydrogens is 380 g/mol. The van der Waals surface area contributed by atoms with E-state index >= 15 is 0 Å². The van der Waals surface area contributed by atoms with Gasteiger partial charge in [0, 0.05) is 6.61 Å². The van der Waals surface area contributed by atoms with E-state index < -0.39 is 24.4 Å². The summed E-state index contributed by atoms with van der Waals surface area (Å²) in [6.07, 6.45) is 20.7. The lowest BCUT2D eigenvalue weighted by Crippen LogP contribution is -2.55. The van der Waals surface area contributed by atoms with Gasteiger partial charge in [0.1, 0.15) is 24.4 Å². The van der Waals surface area contributed by atoms with Crippen LogP contribution in [0.25, 0.3) is 0 Å². The monoisotopic (exact) mass is 428 g/mol. The van der Waals surface area contributed by atoms with Gasteiger partial charge >= 0.3 is 0 Å². The number of rotatable bonds is 19. The smallest absolute Gasteiger partial charge is 0.114 e. The van der Waals surface area contributed by atoms with E-state index in [9.17, 15) is 10.2 Å². The molecule has 0 bridgehead atoms. The third-order valence-electron chi connectivity index (χ3n) is 5.96. The predicted molar refractivity (Wildman–Crippen MR) is 123 cm³/mol. The fraction of sp³-hybridized carbons (Fsp3) is 0.920. The lowest BCUT2D eigenvalue weighted by Gasteiger charge is -2.37. The SMILES string of the molecule is CCC/C=C/CCCCCCCCCCCCCCO[C@H]1[C@H](O)[C@@H](CO)OC[C@@H]1O. The average molecular weight is 429 g/mol. The molecule has 1 rings (SSSR count). The Morgan fingerprint density at radius 2 is 1.33 bits per heavy atom. The lowest BCUT2D eigenvalue weighted by molar-refractivity contribution is -0.210. The van der Waals surface area contributed by atoms with Crippen LogP contribution in [0.5, 0.6) is 0 Å². The van der Waals surface area contributed by atoms with Crippen molar-refractivity contribution in [3.63, 3.8) is 0 Å². The summed E-state index contributed by atoms with van der Waals surface area (Å²) in [6.45, 7) is 2.60. The molecule has 0 radical (unpaired) electrons. The molecule has 3 N–H and O–H groups in total. The highest BCUT2D eigenvalue weighted by Gasteiger charge is 2.38. The van der Waals surface area contributed by atoms with E-state index in [0.29, 0.717) is 6.61 Å². The van der Waals surface area contributed by atoms with Crippen LogP contribution in [0.3, 0.4) is 0 Å². The normalized spacial score (nSPS) is 24.7. The first kappa shape index (κ1) is 27.6. The largest absolute Gasteiger partial charge is 0.394 e. The Bertz CT molecular complexity index is 401. The molecule has 0 aromatic rings. The van der Waals surface area contributed by atoms with Crippen molar-refractivity contribution in [1.82, 2.24) is 0 Å². The van der Waals surface area contributed by atoms with Gasteiger partial charge in [-0.1, -0.05) is 89.7 Å². The van der Waals surface area contributed by atoms with Crippen LogP contribution >= 0.6 is 0 Å². The molecule has 30 heavy (non-hydrogen) atoms. The molecule has 1 aliphatic heterocycles. The standard InChI is InChI=1S/C25H48O5/c1-2-3-4-5-6-7-8-9-10-11-12-13-14-15-16-17-18-19-29-25-22(27)21-30-23(20-26)24(25)28/h4-5,22-28H,2-3,6-21H2,1H3/b5-4+/t22-,23+,24+,25+/m0/s1.